The number of imidazole rings is 1. The zero-order chi connectivity index (χ0) is 14.0. The Labute approximate surface area is 113 Å². The van der Waals surface area contributed by atoms with Crippen molar-refractivity contribution in [1.82, 2.24) is 9.55 Å². The summed E-state index contributed by atoms with van der Waals surface area (Å²) in [5.74, 6) is -0.0252. The molecule has 0 aliphatic rings. The van der Waals surface area contributed by atoms with E-state index in [1.54, 1.807) is 12.1 Å². The van der Waals surface area contributed by atoms with Gasteiger partial charge in [-0.1, -0.05) is 26.3 Å². The molecule has 1 aromatic heterocycles. The molecule has 2 rings (SSSR count). The third kappa shape index (κ3) is 2.35. The van der Waals surface area contributed by atoms with E-state index in [-0.39, 0.29) is 5.56 Å². The van der Waals surface area contributed by atoms with E-state index < -0.39 is 5.97 Å². The molecule has 4 heteroatoms. The topological polar surface area (TPSA) is 55.1 Å². The molecule has 1 atom stereocenters. The lowest BCUT2D eigenvalue weighted by molar-refractivity contribution is 0.0699. The number of carboxylic acid groups (broad SMARTS) is 1. The first-order valence-electron chi connectivity index (χ1n) is 6.81. The number of carboxylic acids is 1. The van der Waals surface area contributed by atoms with Gasteiger partial charge in [-0.05, 0) is 31.9 Å². The maximum atomic E-state index is 11.3. The van der Waals surface area contributed by atoms with E-state index in [0.29, 0.717) is 11.6 Å². The minimum atomic E-state index is -0.918. The summed E-state index contributed by atoms with van der Waals surface area (Å²) in [5, 5.41) is 9.23. The van der Waals surface area contributed by atoms with Crippen LogP contribution >= 0.6 is 0 Å². The fraction of sp³-hybridized carbons (Fsp3) is 0.467. The van der Waals surface area contributed by atoms with Crippen molar-refractivity contribution in [2.45, 2.75) is 46.1 Å². The van der Waals surface area contributed by atoms with Gasteiger partial charge in [0, 0.05) is 6.04 Å². The average molecular weight is 260 g/mol. The molecule has 1 N–H and O–H groups in total. The molecule has 0 saturated heterocycles. The van der Waals surface area contributed by atoms with Crippen molar-refractivity contribution < 1.29 is 9.90 Å². The molecular weight excluding hydrogens is 240 g/mol. The molecule has 0 bridgehead atoms. The first-order valence-corrected chi connectivity index (χ1v) is 6.81. The van der Waals surface area contributed by atoms with Gasteiger partial charge in [0.25, 0.3) is 0 Å². The largest absolute Gasteiger partial charge is 0.478 e. The second kappa shape index (κ2) is 5.43. The van der Waals surface area contributed by atoms with Crippen molar-refractivity contribution in [3.63, 3.8) is 0 Å². The predicted molar refractivity (Wildman–Crippen MR) is 75.7 cm³/mol. The first kappa shape index (κ1) is 13.6. The Kier molecular flexibility index (Phi) is 3.88. The fourth-order valence-electron chi connectivity index (χ4n) is 2.72. The molecule has 0 amide bonds. The van der Waals surface area contributed by atoms with Crippen molar-refractivity contribution in [3.8, 4) is 0 Å². The molecule has 102 valence electrons. The second-order valence-corrected chi connectivity index (χ2v) is 4.86. The van der Waals surface area contributed by atoms with Gasteiger partial charge < -0.3 is 9.67 Å². The Bertz CT molecular complexity index is 601. The van der Waals surface area contributed by atoms with Gasteiger partial charge in [-0.2, -0.15) is 0 Å². The molecule has 0 radical (unpaired) electrons. The number of para-hydroxylation sites is 1. The van der Waals surface area contributed by atoms with Crippen LogP contribution in [0.3, 0.4) is 0 Å². The van der Waals surface area contributed by atoms with Crippen molar-refractivity contribution in [1.29, 1.82) is 0 Å². The van der Waals surface area contributed by atoms with E-state index in [2.05, 4.69) is 23.4 Å². The molecular formula is C15H20N2O2. The third-order valence-electron chi connectivity index (χ3n) is 3.59. The van der Waals surface area contributed by atoms with Crippen LogP contribution in [0.4, 0.5) is 0 Å². The van der Waals surface area contributed by atoms with Gasteiger partial charge in [-0.15, -0.1) is 0 Å². The summed E-state index contributed by atoms with van der Waals surface area (Å²) in [6.07, 6.45) is 3.22. The number of carbonyl (C=O) groups is 1. The number of benzene rings is 1. The molecule has 0 aliphatic heterocycles. The molecule has 1 aromatic carbocycles. The Hall–Kier alpha value is -1.84. The molecule has 4 nitrogen and oxygen atoms in total. The van der Waals surface area contributed by atoms with Gasteiger partial charge in [-0.3, -0.25) is 0 Å². The van der Waals surface area contributed by atoms with E-state index in [0.717, 1.165) is 30.6 Å². The van der Waals surface area contributed by atoms with Crippen LogP contribution in [0.2, 0.25) is 0 Å². The summed E-state index contributed by atoms with van der Waals surface area (Å²) in [4.78, 5) is 15.7. The van der Waals surface area contributed by atoms with E-state index >= 15 is 0 Å². The van der Waals surface area contributed by atoms with Crippen LogP contribution in [0.1, 0.15) is 55.3 Å². The van der Waals surface area contributed by atoms with Crippen molar-refractivity contribution in [2.75, 3.05) is 0 Å². The highest BCUT2D eigenvalue weighted by Crippen LogP contribution is 2.27. The summed E-state index contributed by atoms with van der Waals surface area (Å²) >= 11 is 0. The molecule has 1 unspecified atom stereocenters. The molecule has 19 heavy (non-hydrogen) atoms. The smallest absolute Gasteiger partial charge is 0.337 e. The lowest BCUT2D eigenvalue weighted by Crippen LogP contribution is -2.09. The second-order valence-electron chi connectivity index (χ2n) is 4.86. The third-order valence-corrected chi connectivity index (χ3v) is 3.59. The zero-order valence-electron chi connectivity index (χ0n) is 11.7. The normalized spacial score (nSPS) is 12.8. The maximum Gasteiger partial charge on any atom is 0.337 e. The van der Waals surface area contributed by atoms with Crippen molar-refractivity contribution in [3.05, 3.63) is 29.6 Å². The quantitative estimate of drug-likeness (QED) is 0.889. The molecule has 0 aliphatic carbocycles. The monoisotopic (exact) mass is 260 g/mol. The van der Waals surface area contributed by atoms with Crippen LogP contribution < -0.4 is 0 Å². The highest BCUT2D eigenvalue weighted by atomic mass is 16.4. The van der Waals surface area contributed by atoms with Gasteiger partial charge in [-0.25, -0.2) is 9.78 Å². The van der Waals surface area contributed by atoms with Gasteiger partial charge in [0.05, 0.1) is 11.1 Å². The Morgan fingerprint density at radius 2 is 2.16 bits per heavy atom. The minimum Gasteiger partial charge on any atom is -0.478 e. The lowest BCUT2D eigenvalue weighted by Gasteiger charge is -2.18. The van der Waals surface area contributed by atoms with Gasteiger partial charge in [0.1, 0.15) is 11.3 Å². The highest BCUT2D eigenvalue weighted by molar-refractivity contribution is 6.01. The molecule has 0 fully saturated rings. The molecule has 1 heterocycles. The van der Waals surface area contributed by atoms with Gasteiger partial charge in [0.15, 0.2) is 0 Å². The van der Waals surface area contributed by atoms with E-state index in [1.165, 1.54) is 0 Å². The first-order chi connectivity index (χ1) is 9.10. The van der Waals surface area contributed by atoms with Crippen LogP contribution in [-0.4, -0.2) is 20.6 Å². The summed E-state index contributed by atoms with van der Waals surface area (Å²) in [6, 6.07) is 5.75. The number of fused-ring (bicyclic) bond motifs is 1. The van der Waals surface area contributed by atoms with Crippen LogP contribution in [-0.2, 0) is 0 Å². The van der Waals surface area contributed by atoms with E-state index in [1.807, 2.05) is 13.0 Å². The Morgan fingerprint density at radius 3 is 2.74 bits per heavy atom. The van der Waals surface area contributed by atoms with Crippen molar-refractivity contribution >= 4 is 17.0 Å². The number of aromatic nitrogens is 2. The van der Waals surface area contributed by atoms with E-state index in [4.69, 9.17) is 0 Å². The van der Waals surface area contributed by atoms with Crippen LogP contribution in [0.5, 0.6) is 0 Å². The number of aryl methyl sites for hydroxylation is 1. The molecule has 2 aromatic rings. The van der Waals surface area contributed by atoms with Gasteiger partial charge >= 0.3 is 5.97 Å². The number of aromatic carboxylic acids is 1. The number of hydrogen-bond donors (Lipinski definition) is 1. The fourth-order valence-corrected chi connectivity index (χ4v) is 2.72. The summed E-state index contributed by atoms with van der Waals surface area (Å²) in [5.41, 5.74) is 1.81. The van der Waals surface area contributed by atoms with Crippen LogP contribution in [0.15, 0.2) is 18.2 Å². The van der Waals surface area contributed by atoms with Crippen LogP contribution in [0, 0.1) is 6.92 Å². The number of nitrogens with zero attached hydrogens (tertiary/aromatic N) is 2. The summed E-state index contributed by atoms with van der Waals surface area (Å²) < 4.78 is 2.19. The lowest BCUT2D eigenvalue weighted by atomic mass is 10.1. The SMILES string of the molecule is CCCC(CC)n1c(C)nc2c(C(=O)O)cccc21. The van der Waals surface area contributed by atoms with Gasteiger partial charge in [0.2, 0.25) is 0 Å². The Morgan fingerprint density at radius 1 is 1.42 bits per heavy atom. The van der Waals surface area contributed by atoms with E-state index in [9.17, 15) is 9.90 Å². The summed E-state index contributed by atoms with van der Waals surface area (Å²) in [7, 11) is 0. The summed E-state index contributed by atoms with van der Waals surface area (Å²) in [6.45, 7) is 6.27. The average Bonchev–Trinajstić information content (AvgIpc) is 2.71. The highest BCUT2D eigenvalue weighted by Gasteiger charge is 2.18. The molecule has 0 spiro atoms. The Balaban J connectivity index is 2.65. The predicted octanol–water partition coefficient (Wildman–Crippen LogP) is 3.79. The standard InChI is InChI=1S/C15H20N2O2/c1-4-7-11(5-2)17-10(3)16-14-12(15(18)19)8-6-9-13(14)17/h6,8-9,11H,4-5,7H2,1-3H3,(H,18,19). The zero-order valence-corrected chi connectivity index (χ0v) is 11.7. The number of hydrogen-bond acceptors (Lipinski definition) is 2. The van der Waals surface area contributed by atoms with Crippen LogP contribution in [0.25, 0.3) is 11.0 Å². The minimum absolute atomic E-state index is 0.283. The maximum absolute atomic E-state index is 11.3. The number of rotatable bonds is 5. The van der Waals surface area contributed by atoms with Crippen molar-refractivity contribution in [2.24, 2.45) is 0 Å². The molecule has 0 saturated carbocycles.